The summed E-state index contributed by atoms with van der Waals surface area (Å²) in [6.45, 7) is 6.87. The molecule has 0 saturated carbocycles. The Morgan fingerprint density at radius 3 is 2.91 bits per heavy atom. The highest BCUT2D eigenvalue weighted by Gasteiger charge is 2.05. The Bertz CT molecular complexity index is 215. The van der Waals surface area contributed by atoms with E-state index in [4.69, 9.17) is 5.26 Å². The lowest BCUT2D eigenvalue weighted by molar-refractivity contribution is -0.145. The summed E-state index contributed by atoms with van der Waals surface area (Å²) in [7, 11) is 0. The second kappa shape index (κ2) is 5.21. The Kier molecular flexibility index (Phi) is 4.45. The molecule has 0 aromatic carbocycles. The summed E-state index contributed by atoms with van der Waals surface area (Å²) in [5, 5.41) is 8.16. The van der Waals surface area contributed by atoms with Crippen molar-refractivity contribution in [2.24, 2.45) is 0 Å². The van der Waals surface area contributed by atoms with E-state index < -0.39 is 5.97 Å². The van der Waals surface area contributed by atoms with Crippen LogP contribution in [0.25, 0.3) is 0 Å². The second-order valence-corrected chi connectivity index (χ2v) is 1.62. The summed E-state index contributed by atoms with van der Waals surface area (Å²) in [5.41, 5.74) is 2.04. The molecule has 0 unspecified atom stereocenters. The van der Waals surface area contributed by atoms with Gasteiger partial charge < -0.3 is 4.84 Å². The van der Waals surface area contributed by atoms with Crippen LogP contribution in [0.3, 0.4) is 0 Å². The van der Waals surface area contributed by atoms with Crippen molar-refractivity contribution in [3.8, 4) is 6.07 Å². The van der Waals surface area contributed by atoms with E-state index >= 15 is 0 Å². The molecule has 11 heavy (non-hydrogen) atoms. The van der Waals surface area contributed by atoms with Gasteiger partial charge in [-0.25, -0.2) is 4.79 Å². The molecule has 0 heterocycles. The molecule has 0 rings (SSSR count). The maximum Gasteiger partial charge on any atom is 0.366 e. The first-order chi connectivity index (χ1) is 5.22. The Hall–Kier alpha value is -1.60. The van der Waals surface area contributed by atoms with Gasteiger partial charge in [0.15, 0.2) is 0 Å². The average molecular weight is 152 g/mol. The quantitative estimate of drug-likeness (QED) is 0.207. The zero-order chi connectivity index (χ0) is 8.69. The average Bonchev–Trinajstić information content (AvgIpc) is 2.03. The van der Waals surface area contributed by atoms with Crippen molar-refractivity contribution in [1.29, 1.82) is 5.26 Å². The molecule has 0 saturated heterocycles. The van der Waals surface area contributed by atoms with Gasteiger partial charge in [0.05, 0.1) is 0 Å². The Labute approximate surface area is 64.7 Å². The number of carbonyl (C=O) groups excluding carboxylic acids is 1. The molecular weight excluding hydrogens is 144 g/mol. The van der Waals surface area contributed by atoms with E-state index in [2.05, 4.69) is 23.5 Å². The molecule has 1 N–H and O–H groups in total. The molecule has 0 fully saturated rings. The standard InChI is InChI=1S/C7H8N2O2/c1-3-4-9-11-7(10)6(2)5-8/h3,9H,1-2,4H2. The van der Waals surface area contributed by atoms with E-state index in [9.17, 15) is 4.79 Å². The molecule has 4 heteroatoms. The zero-order valence-corrected chi connectivity index (χ0v) is 5.96. The van der Waals surface area contributed by atoms with E-state index in [1.807, 2.05) is 0 Å². The van der Waals surface area contributed by atoms with Crippen LogP contribution >= 0.6 is 0 Å². The summed E-state index contributed by atoms with van der Waals surface area (Å²) in [6.07, 6.45) is 1.52. The van der Waals surface area contributed by atoms with Crippen molar-refractivity contribution in [2.75, 3.05) is 6.54 Å². The normalized spacial score (nSPS) is 7.91. The van der Waals surface area contributed by atoms with Crippen LogP contribution in [0, 0.1) is 11.3 Å². The number of hydrogen-bond donors (Lipinski definition) is 1. The Balaban J connectivity index is 3.63. The summed E-state index contributed by atoms with van der Waals surface area (Å²) >= 11 is 0. The van der Waals surface area contributed by atoms with Crippen molar-refractivity contribution in [3.05, 3.63) is 24.8 Å². The van der Waals surface area contributed by atoms with Gasteiger partial charge >= 0.3 is 5.97 Å². The predicted octanol–water partition coefficient (Wildman–Crippen LogP) is 0.300. The number of rotatable bonds is 4. The fraction of sp³-hybridized carbons (Fsp3) is 0.143. The maximum atomic E-state index is 10.6. The van der Waals surface area contributed by atoms with Gasteiger partial charge in [-0.2, -0.15) is 5.26 Å². The third-order valence-corrected chi connectivity index (χ3v) is 0.774. The summed E-state index contributed by atoms with van der Waals surface area (Å²) < 4.78 is 0. The molecule has 0 spiro atoms. The lowest BCUT2D eigenvalue weighted by Gasteiger charge is -1.99. The third kappa shape index (κ3) is 3.89. The summed E-state index contributed by atoms with van der Waals surface area (Å²) in [4.78, 5) is 15.0. The highest BCUT2D eigenvalue weighted by Crippen LogP contribution is 1.88. The van der Waals surface area contributed by atoms with Gasteiger partial charge in [-0.15, -0.1) is 12.1 Å². The monoisotopic (exact) mass is 152 g/mol. The number of nitrogens with zero attached hydrogens (tertiary/aromatic N) is 1. The van der Waals surface area contributed by atoms with Gasteiger partial charge in [-0.1, -0.05) is 12.7 Å². The highest BCUT2D eigenvalue weighted by molar-refractivity contribution is 5.91. The van der Waals surface area contributed by atoms with Crippen LogP contribution < -0.4 is 5.48 Å². The van der Waals surface area contributed by atoms with Crippen LogP contribution in [0.1, 0.15) is 0 Å². The molecule has 0 bridgehead atoms. The van der Waals surface area contributed by atoms with Crippen molar-refractivity contribution in [3.63, 3.8) is 0 Å². The lowest BCUT2D eigenvalue weighted by Crippen LogP contribution is -2.20. The molecular formula is C7H8N2O2. The molecule has 0 aliphatic carbocycles. The van der Waals surface area contributed by atoms with Crippen molar-refractivity contribution in [1.82, 2.24) is 5.48 Å². The minimum absolute atomic E-state index is 0.235. The van der Waals surface area contributed by atoms with E-state index in [0.29, 0.717) is 6.54 Å². The van der Waals surface area contributed by atoms with Gasteiger partial charge in [0.25, 0.3) is 0 Å². The van der Waals surface area contributed by atoms with Gasteiger partial charge in [-0.3, -0.25) is 0 Å². The molecule has 58 valence electrons. The number of nitrogens with one attached hydrogen (secondary N) is 1. The van der Waals surface area contributed by atoms with Gasteiger partial charge in [-0.05, 0) is 0 Å². The summed E-state index contributed by atoms with van der Waals surface area (Å²) in [5.74, 6) is -0.769. The van der Waals surface area contributed by atoms with Crippen LogP contribution in [-0.2, 0) is 9.63 Å². The van der Waals surface area contributed by atoms with Gasteiger partial charge in [0.2, 0.25) is 0 Å². The molecule has 0 amide bonds. The van der Waals surface area contributed by atoms with Crippen LogP contribution in [0.15, 0.2) is 24.8 Å². The fourth-order valence-electron chi connectivity index (χ4n) is 0.273. The van der Waals surface area contributed by atoms with Crippen molar-refractivity contribution >= 4 is 5.97 Å². The molecule has 0 aliphatic rings. The Morgan fingerprint density at radius 2 is 2.45 bits per heavy atom. The topological polar surface area (TPSA) is 62.1 Å². The van der Waals surface area contributed by atoms with Crippen LogP contribution in [-0.4, -0.2) is 12.5 Å². The SMILES string of the molecule is C=CCNOC(=O)C(=C)C#N. The molecule has 0 aliphatic heterocycles. The first kappa shape index (κ1) is 9.40. The van der Waals surface area contributed by atoms with E-state index in [1.54, 1.807) is 6.07 Å². The molecule has 0 radical (unpaired) electrons. The number of hydrogen-bond acceptors (Lipinski definition) is 4. The minimum Gasteiger partial charge on any atom is -0.366 e. The van der Waals surface area contributed by atoms with Gasteiger partial charge in [0.1, 0.15) is 11.6 Å². The second-order valence-electron chi connectivity index (χ2n) is 1.62. The third-order valence-electron chi connectivity index (χ3n) is 0.774. The first-order valence-electron chi connectivity index (χ1n) is 2.86. The molecule has 4 nitrogen and oxygen atoms in total. The van der Waals surface area contributed by atoms with E-state index in [0.717, 1.165) is 0 Å². The molecule has 0 aromatic rings. The largest absolute Gasteiger partial charge is 0.366 e. The first-order valence-corrected chi connectivity index (χ1v) is 2.86. The number of nitriles is 1. The fourth-order valence-corrected chi connectivity index (χ4v) is 0.273. The van der Waals surface area contributed by atoms with Crippen molar-refractivity contribution in [2.45, 2.75) is 0 Å². The summed E-state index contributed by atoms with van der Waals surface area (Å²) in [6, 6.07) is 1.56. The highest BCUT2D eigenvalue weighted by atomic mass is 16.7. The molecule has 0 atom stereocenters. The van der Waals surface area contributed by atoms with Crippen molar-refractivity contribution < 1.29 is 9.63 Å². The van der Waals surface area contributed by atoms with Gasteiger partial charge in [0, 0.05) is 6.54 Å². The molecule has 0 aromatic heterocycles. The van der Waals surface area contributed by atoms with Crippen LogP contribution in [0.2, 0.25) is 0 Å². The zero-order valence-electron chi connectivity index (χ0n) is 5.96. The number of hydroxylamine groups is 1. The minimum atomic E-state index is -0.769. The Morgan fingerprint density at radius 1 is 1.82 bits per heavy atom. The number of carbonyl (C=O) groups is 1. The van der Waals surface area contributed by atoms with Crippen LogP contribution in [0.4, 0.5) is 0 Å². The van der Waals surface area contributed by atoms with E-state index in [1.165, 1.54) is 6.08 Å². The smallest absolute Gasteiger partial charge is 0.366 e. The van der Waals surface area contributed by atoms with Crippen LogP contribution in [0.5, 0.6) is 0 Å². The van der Waals surface area contributed by atoms with E-state index in [-0.39, 0.29) is 5.57 Å². The predicted molar refractivity (Wildman–Crippen MR) is 39.0 cm³/mol. The lowest BCUT2D eigenvalue weighted by atomic mass is 10.4. The maximum absolute atomic E-state index is 10.6.